The summed E-state index contributed by atoms with van der Waals surface area (Å²) in [7, 11) is 8.71. The first-order chi connectivity index (χ1) is 9.47. The Morgan fingerprint density at radius 2 is 1.85 bits per heavy atom. The van der Waals surface area contributed by atoms with Crippen LogP contribution in [0.3, 0.4) is 0 Å². The number of nitrogens with one attached hydrogen (secondary N) is 1. The van der Waals surface area contributed by atoms with E-state index >= 15 is 0 Å². The van der Waals surface area contributed by atoms with Crippen molar-refractivity contribution >= 4 is 0 Å². The third-order valence-corrected chi connectivity index (χ3v) is 6.05. The Morgan fingerprint density at radius 3 is 2.30 bits per heavy atom. The molecule has 0 saturated heterocycles. The Hall–Kier alpha value is -0.160. The van der Waals surface area contributed by atoms with Crippen LogP contribution in [0.5, 0.6) is 0 Å². The van der Waals surface area contributed by atoms with Crippen molar-refractivity contribution in [1.29, 1.82) is 0 Å². The highest BCUT2D eigenvalue weighted by Gasteiger charge is 2.42. The zero-order valence-corrected chi connectivity index (χ0v) is 13.8. The van der Waals surface area contributed by atoms with Crippen molar-refractivity contribution in [2.45, 2.75) is 62.1 Å². The highest BCUT2D eigenvalue weighted by Crippen LogP contribution is 2.38. The highest BCUT2D eigenvalue weighted by molar-refractivity contribution is 5.01. The van der Waals surface area contributed by atoms with E-state index in [1.54, 1.807) is 0 Å². The highest BCUT2D eigenvalue weighted by atomic mass is 16.3. The van der Waals surface area contributed by atoms with E-state index in [0.717, 1.165) is 19.4 Å². The fourth-order valence-electron chi connectivity index (χ4n) is 4.08. The quantitative estimate of drug-likeness (QED) is 0.771. The predicted molar refractivity (Wildman–Crippen MR) is 84.0 cm³/mol. The van der Waals surface area contributed by atoms with Gasteiger partial charge in [0, 0.05) is 23.7 Å². The van der Waals surface area contributed by atoms with Gasteiger partial charge in [0.25, 0.3) is 0 Å². The third kappa shape index (κ3) is 3.03. The molecule has 4 heteroatoms. The van der Waals surface area contributed by atoms with Gasteiger partial charge in [-0.15, -0.1) is 0 Å². The zero-order valence-electron chi connectivity index (χ0n) is 13.8. The molecule has 0 aromatic heterocycles. The smallest absolute Gasteiger partial charge is 0.0613 e. The van der Waals surface area contributed by atoms with Gasteiger partial charge in [-0.3, -0.25) is 0 Å². The van der Waals surface area contributed by atoms with Crippen molar-refractivity contribution in [3.63, 3.8) is 0 Å². The average Bonchev–Trinajstić information content (AvgIpc) is 2.42. The van der Waals surface area contributed by atoms with Crippen LogP contribution in [0.2, 0.25) is 0 Å². The Morgan fingerprint density at radius 1 is 1.15 bits per heavy atom. The molecule has 2 aliphatic carbocycles. The van der Waals surface area contributed by atoms with Crippen molar-refractivity contribution in [3.05, 3.63) is 0 Å². The summed E-state index contributed by atoms with van der Waals surface area (Å²) < 4.78 is 0. The van der Waals surface area contributed by atoms with Gasteiger partial charge in [-0.05, 0) is 73.1 Å². The molecule has 118 valence electrons. The van der Waals surface area contributed by atoms with E-state index in [1.165, 1.54) is 32.1 Å². The van der Waals surface area contributed by atoms with Crippen LogP contribution in [-0.4, -0.2) is 73.4 Å². The molecule has 0 amide bonds. The number of nitrogens with zero attached hydrogens (tertiary/aromatic N) is 2. The van der Waals surface area contributed by atoms with Gasteiger partial charge in [-0.25, -0.2) is 0 Å². The maximum atomic E-state index is 9.73. The molecule has 2 aliphatic rings. The van der Waals surface area contributed by atoms with Crippen molar-refractivity contribution in [3.8, 4) is 0 Å². The molecule has 20 heavy (non-hydrogen) atoms. The molecule has 2 saturated carbocycles. The van der Waals surface area contributed by atoms with Crippen LogP contribution in [0.1, 0.15) is 44.9 Å². The molecule has 0 aromatic carbocycles. The SMILES string of the molecule is CNC1(CO)CCCC(N(C)CC2(N(C)C)CCC2)C1. The van der Waals surface area contributed by atoms with Crippen molar-refractivity contribution in [2.24, 2.45) is 0 Å². The van der Waals surface area contributed by atoms with E-state index in [1.807, 2.05) is 7.05 Å². The van der Waals surface area contributed by atoms with Crippen LogP contribution in [0.25, 0.3) is 0 Å². The Bertz CT molecular complexity index is 311. The van der Waals surface area contributed by atoms with Gasteiger partial charge < -0.3 is 20.2 Å². The van der Waals surface area contributed by atoms with E-state index in [2.05, 4.69) is 36.3 Å². The van der Waals surface area contributed by atoms with Crippen LogP contribution >= 0.6 is 0 Å². The fraction of sp³-hybridized carbons (Fsp3) is 1.00. The third-order valence-electron chi connectivity index (χ3n) is 6.05. The fourth-order valence-corrected chi connectivity index (χ4v) is 4.08. The molecule has 0 radical (unpaired) electrons. The number of rotatable bonds is 6. The summed E-state index contributed by atoms with van der Waals surface area (Å²) in [5.74, 6) is 0. The molecule has 0 aromatic rings. The van der Waals surface area contributed by atoms with E-state index < -0.39 is 0 Å². The topological polar surface area (TPSA) is 38.7 Å². The summed E-state index contributed by atoms with van der Waals surface area (Å²) in [4.78, 5) is 4.98. The minimum absolute atomic E-state index is 0.0535. The molecular formula is C16H33N3O. The van der Waals surface area contributed by atoms with Crippen LogP contribution in [0.15, 0.2) is 0 Å². The molecule has 4 nitrogen and oxygen atoms in total. The minimum atomic E-state index is -0.0535. The van der Waals surface area contributed by atoms with Gasteiger partial charge in [0.15, 0.2) is 0 Å². The van der Waals surface area contributed by atoms with E-state index in [4.69, 9.17) is 0 Å². The summed E-state index contributed by atoms with van der Waals surface area (Å²) >= 11 is 0. The van der Waals surface area contributed by atoms with Crippen molar-refractivity contribution in [1.82, 2.24) is 15.1 Å². The zero-order chi connectivity index (χ0) is 14.8. The van der Waals surface area contributed by atoms with Gasteiger partial charge in [0.2, 0.25) is 0 Å². The summed E-state index contributed by atoms with van der Waals surface area (Å²) in [6.07, 6.45) is 8.67. The predicted octanol–water partition coefficient (Wildman–Crippen LogP) is 1.30. The largest absolute Gasteiger partial charge is 0.394 e. The van der Waals surface area contributed by atoms with Crippen LogP contribution < -0.4 is 5.32 Å². The maximum Gasteiger partial charge on any atom is 0.0613 e. The lowest BCUT2D eigenvalue weighted by atomic mass is 9.74. The standard InChI is InChI=1S/C16H33N3O/c1-17-15(13-20)8-5-7-14(11-15)19(4)12-16(18(2)3)9-6-10-16/h14,17,20H,5-13H2,1-4H3. The molecule has 2 unspecified atom stereocenters. The molecule has 2 N–H and O–H groups in total. The number of hydrogen-bond donors (Lipinski definition) is 2. The number of hydrogen-bond acceptors (Lipinski definition) is 4. The van der Waals surface area contributed by atoms with Crippen LogP contribution in [0, 0.1) is 0 Å². The second-order valence-corrected chi connectivity index (χ2v) is 7.33. The molecule has 2 atom stereocenters. The first kappa shape index (κ1) is 16.2. The number of aliphatic hydroxyl groups is 1. The van der Waals surface area contributed by atoms with Crippen molar-refractivity contribution in [2.75, 3.05) is 41.3 Å². The second kappa shape index (κ2) is 6.30. The Kier molecular flexibility index (Phi) is 5.11. The van der Waals surface area contributed by atoms with Gasteiger partial charge in [-0.2, -0.15) is 0 Å². The van der Waals surface area contributed by atoms with Gasteiger partial charge in [0.05, 0.1) is 6.61 Å². The lowest BCUT2D eigenvalue weighted by Crippen LogP contribution is -2.60. The van der Waals surface area contributed by atoms with Crippen LogP contribution in [-0.2, 0) is 0 Å². The average molecular weight is 283 g/mol. The van der Waals surface area contributed by atoms with Gasteiger partial charge >= 0.3 is 0 Å². The van der Waals surface area contributed by atoms with Gasteiger partial charge in [0.1, 0.15) is 0 Å². The first-order valence-electron chi connectivity index (χ1n) is 8.14. The summed E-state index contributed by atoms with van der Waals surface area (Å²) in [5.41, 5.74) is 0.343. The van der Waals surface area contributed by atoms with Gasteiger partial charge in [-0.1, -0.05) is 0 Å². The van der Waals surface area contributed by atoms with Crippen LogP contribution in [0.4, 0.5) is 0 Å². The Balaban J connectivity index is 1.96. The Labute approximate surface area is 124 Å². The molecule has 2 rings (SSSR count). The van der Waals surface area contributed by atoms with E-state index in [-0.39, 0.29) is 12.1 Å². The monoisotopic (exact) mass is 283 g/mol. The normalized spacial score (nSPS) is 33.5. The second-order valence-electron chi connectivity index (χ2n) is 7.33. The molecule has 0 aliphatic heterocycles. The molecule has 0 spiro atoms. The number of likely N-dealkylation sites (N-methyl/N-ethyl adjacent to an activating group) is 3. The maximum absolute atomic E-state index is 9.73. The molecule has 0 heterocycles. The van der Waals surface area contributed by atoms with E-state index in [9.17, 15) is 5.11 Å². The molecule has 0 bridgehead atoms. The summed E-state index contributed by atoms with van der Waals surface area (Å²) in [6, 6.07) is 0.598. The molecule has 2 fully saturated rings. The summed E-state index contributed by atoms with van der Waals surface area (Å²) in [5, 5.41) is 13.1. The summed E-state index contributed by atoms with van der Waals surface area (Å²) in [6.45, 7) is 1.42. The minimum Gasteiger partial charge on any atom is -0.394 e. The van der Waals surface area contributed by atoms with E-state index in [0.29, 0.717) is 11.6 Å². The lowest BCUT2D eigenvalue weighted by molar-refractivity contribution is -0.00136. The molecular weight excluding hydrogens is 250 g/mol. The number of aliphatic hydroxyl groups excluding tert-OH is 1. The lowest BCUT2D eigenvalue weighted by Gasteiger charge is -2.52. The first-order valence-corrected chi connectivity index (χ1v) is 8.14. The van der Waals surface area contributed by atoms with Crippen molar-refractivity contribution < 1.29 is 5.11 Å².